The lowest BCUT2D eigenvalue weighted by Gasteiger charge is -2.29. The molecule has 9 heteroatoms. The molecular formula is C26H29N3O6. The fourth-order valence-corrected chi connectivity index (χ4v) is 4.32. The zero-order valence-electron chi connectivity index (χ0n) is 19.7. The number of aliphatic carboxylic acids is 1. The van der Waals surface area contributed by atoms with Crippen LogP contribution in [0.4, 0.5) is 5.69 Å². The maximum atomic E-state index is 13.6. The third kappa shape index (κ3) is 4.59. The van der Waals surface area contributed by atoms with Crippen molar-refractivity contribution in [1.29, 1.82) is 0 Å². The molecule has 2 atom stereocenters. The number of H-pyrrole nitrogens is 1. The van der Waals surface area contributed by atoms with Crippen LogP contribution in [0.25, 0.3) is 17.1 Å². The van der Waals surface area contributed by atoms with Gasteiger partial charge in [0.15, 0.2) is 17.4 Å². The highest BCUT2D eigenvalue weighted by Gasteiger charge is 2.60. The Morgan fingerprint density at radius 3 is 2.91 bits per heavy atom. The summed E-state index contributed by atoms with van der Waals surface area (Å²) in [5.41, 5.74) is 0.984. The monoisotopic (exact) mass is 479 g/mol. The number of fused-ring (bicyclic) bond motifs is 1. The van der Waals surface area contributed by atoms with Crippen LogP contribution in [-0.4, -0.2) is 51.4 Å². The number of carboxylic acid groups (broad SMARTS) is 1. The number of carbonyl (C=O) groups is 2. The summed E-state index contributed by atoms with van der Waals surface area (Å²) < 4.78 is 11.5. The van der Waals surface area contributed by atoms with E-state index >= 15 is 0 Å². The van der Waals surface area contributed by atoms with Crippen molar-refractivity contribution in [2.24, 2.45) is 5.41 Å². The number of aryl methyl sites for hydroxylation is 1. The normalized spacial score (nSPS) is 20.8. The molecule has 0 bridgehead atoms. The number of unbranched alkanes of at least 4 members (excludes halogenated alkanes) is 1. The SMILES string of the molecule is CCCCC1(C(=O)O)C(=O)C(=Cc2c[nH]c3ncccc23)OC1Nc1ccc(OCCO)cc1C. The number of ether oxygens (including phenoxy) is 2. The number of ketones is 1. The molecule has 1 saturated heterocycles. The predicted molar refractivity (Wildman–Crippen MR) is 131 cm³/mol. The van der Waals surface area contributed by atoms with Gasteiger partial charge in [0, 0.05) is 29.0 Å². The zero-order valence-corrected chi connectivity index (χ0v) is 19.7. The number of aliphatic hydroxyl groups is 1. The van der Waals surface area contributed by atoms with Crippen LogP contribution in [-0.2, 0) is 14.3 Å². The standard InChI is InChI=1S/C26H29N3O6/c1-3-4-9-26(25(32)33)22(31)21(14-17-15-28-23-19(17)6-5-10-27-23)35-24(26)29-20-8-7-18(13-16(20)2)34-12-11-30/h5-8,10,13-15,24,29-30H,3-4,9,11-12H2,1-2H3,(H,27,28)(H,32,33). The highest BCUT2D eigenvalue weighted by Crippen LogP contribution is 2.44. The molecule has 0 aliphatic carbocycles. The van der Waals surface area contributed by atoms with Gasteiger partial charge in [0.25, 0.3) is 0 Å². The van der Waals surface area contributed by atoms with Gasteiger partial charge in [-0.15, -0.1) is 0 Å². The number of nitrogens with one attached hydrogen (secondary N) is 2. The quantitative estimate of drug-likeness (QED) is 0.254. The van der Waals surface area contributed by atoms with E-state index in [-0.39, 0.29) is 25.4 Å². The highest BCUT2D eigenvalue weighted by atomic mass is 16.5. The first kappa shape index (κ1) is 24.3. The maximum Gasteiger partial charge on any atom is 0.323 e. The minimum absolute atomic E-state index is 0.00805. The number of carbonyl (C=O) groups excluding carboxylic acids is 1. The summed E-state index contributed by atoms with van der Waals surface area (Å²) in [6.07, 6.45) is 5.28. The van der Waals surface area contributed by atoms with Crippen LogP contribution in [0.1, 0.15) is 37.3 Å². The number of aromatic amines is 1. The van der Waals surface area contributed by atoms with Gasteiger partial charge in [0.05, 0.1) is 6.61 Å². The smallest absolute Gasteiger partial charge is 0.323 e. The Hall–Kier alpha value is -3.85. The number of hydrogen-bond acceptors (Lipinski definition) is 7. The molecule has 0 spiro atoms. The first-order valence-electron chi connectivity index (χ1n) is 11.6. The summed E-state index contributed by atoms with van der Waals surface area (Å²) >= 11 is 0. The number of rotatable bonds is 10. The molecule has 1 aliphatic rings. The first-order valence-corrected chi connectivity index (χ1v) is 11.6. The molecule has 184 valence electrons. The molecule has 0 amide bonds. The summed E-state index contributed by atoms with van der Waals surface area (Å²) in [4.78, 5) is 33.6. The molecule has 3 heterocycles. The number of Topliss-reactive ketones (excluding diaryl/α,β-unsaturated/α-hetero) is 1. The minimum atomic E-state index is -1.77. The second-order valence-corrected chi connectivity index (χ2v) is 8.55. The number of anilines is 1. The molecule has 3 aromatic rings. The summed E-state index contributed by atoms with van der Waals surface area (Å²) in [5.74, 6) is -1.21. The van der Waals surface area contributed by atoms with Gasteiger partial charge in [0.2, 0.25) is 5.78 Å². The first-order chi connectivity index (χ1) is 16.9. The van der Waals surface area contributed by atoms with E-state index in [0.717, 1.165) is 17.4 Å². The number of benzene rings is 1. The van der Waals surface area contributed by atoms with Gasteiger partial charge in [-0.3, -0.25) is 9.59 Å². The van der Waals surface area contributed by atoms with Crippen LogP contribution in [0.15, 0.2) is 48.5 Å². The van der Waals surface area contributed by atoms with E-state index in [2.05, 4.69) is 15.3 Å². The molecule has 1 aromatic carbocycles. The van der Waals surface area contributed by atoms with Crippen LogP contribution in [0.5, 0.6) is 5.75 Å². The van der Waals surface area contributed by atoms with Gasteiger partial charge >= 0.3 is 5.97 Å². The van der Waals surface area contributed by atoms with E-state index in [1.165, 1.54) is 0 Å². The molecule has 0 saturated carbocycles. The van der Waals surface area contributed by atoms with Crippen molar-refractivity contribution in [3.63, 3.8) is 0 Å². The molecule has 35 heavy (non-hydrogen) atoms. The fourth-order valence-electron chi connectivity index (χ4n) is 4.32. The molecule has 2 aromatic heterocycles. The van der Waals surface area contributed by atoms with Gasteiger partial charge in [-0.2, -0.15) is 0 Å². The summed E-state index contributed by atoms with van der Waals surface area (Å²) in [6, 6.07) is 8.89. The Morgan fingerprint density at radius 1 is 1.37 bits per heavy atom. The Kier molecular flexibility index (Phi) is 7.07. The number of hydrogen-bond donors (Lipinski definition) is 4. The summed E-state index contributed by atoms with van der Waals surface area (Å²) in [7, 11) is 0. The van der Waals surface area contributed by atoms with Crippen LogP contribution < -0.4 is 10.1 Å². The second-order valence-electron chi connectivity index (χ2n) is 8.55. The Morgan fingerprint density at radius 2 is 2.20 bits per heavy atom. The average Bonchev–Trinajstić information content (AvgIpc) is 3.37. The average molecular weight is 480 g/mol. The molecule has 4 rings (SSSR count). The van der Waals surface area contributed by atoms with Crippen molar-refractivity contribution in [1.82, 2.24) is 9.97 Å². The number of nitrogens with zero attached hydrogens (tertiary/aromatic N) is 1. The van der Waals surface area contributed by atoms with Crippen molar-refractivity contribution in [3.8, 4) is 5.75 Å². The van der Waals surface area contributed by atoms with Crippen molar-refractivity contribution < 1.29 is 29.3 Å². The third-order valence-electron chi connectivity index (χ3n) is 6.24. The fraction of sp³-hybridized carbons (Fsp3) is 0.346. The molecule has 4 N–H and O–H groups in total. The van der Waals surface area contributed by atoms with Crippen molar-refractivity contribution in [2.45, 2.75) is 39.3 Å². The van der Waals surface area contributed by atoms with Gasteiger partial charge < -0.3 is 30.0 Å². The van der Waals surface area contributed by atoms with Crippen molar-refractivity contribution in [3.05, 3.63) is 59.6 Å². The van der Waals surface area contributed by atoms with Crippen LogP contribution in [0, 0.1) is 12.3 Å². The van der Waals surface area contributed by atoms with Crippen LogP contribution in [0.2, 0.25) is 0 Å². The van der Waals surface area contributed by atoms with E-state index in [1.807, 2.05) is 19.9 Å². The number of carboxylic acids is 1. The lowest BCUT2D eigenvalue weighted by atomic mass is 9.77. The largest absolute Gasteiger partial charge is 0.491 e. The van der Waals surface area contributed by atoms with Gasteiger partial charge in [-0.05, 0) is 55.3 Å². The van der Waals surface area contributed by atoms with E-state index in [9.17, 15) is 14.7 Å². The minimum Gasteiger partial charge on any atom is -0.491 e. The maximum absolute atomic E-state index is 13.6. The Labute approximate surface area is 202 Å². The lowest BCUT2D eigenvalue weighted by molar-refractivity contribution is -0.155. The predicted octanol–water partition coefficient (Wildman–Crippen LogP) is 3.88. The zero-order chi connectivity index (χ0) is 25.0. The number of pyridine rings is 1. The van der Waals surface area contributed by atoms with Gasteiger partial charge in [0.1, 0.15) is 18.0 Å². The van der Waals surface area contributed by atoms with E-state index < -0.39 is 23.4 Å². The summed E-state index contributed by atoms with van der Waals surface area (Å²) in [5, 5.41) is 23.2. The molecule has 0 radical (unpaired) electrons. The Balaban J connectivity index is 1.71. The third-order valence-corrected chi connectivity index (χ3v) is 6.24. The van der Waals surface area contributed by atoms with Crippen LogP contribution in [0.3, 0.4) is 0 Å². The molecule has 1 fully saturated rings. The van der Waals surface area contributed by atoms with Crippen molar-refractivity contribution in [2.75, 3.05) is 18.5 Å². The molecular weight excluding hydrogens is 450 g/mol. The van der Waals surface area contributed by atoms with E-state index in [4.69, 9.17) is 14.6 Å². The topological polar surface area (TPSA) is 134 Å². The van der Waals surface area contributed by atoms with Crippen LogP contribution >= 0.6 is 0 Å². The molecule has 1 aliphatic heterocycles. The Bertz CT molecular complexity index is 1270. The second kappa shape index (κ2) is 10.2. The summed E-state index contributed by atoms with van der Waals surface area (Å²) in [6.45, 7) is 3.86. The number of allylic oxidation sites excluding steroid dienone is 1. The van der Waals surface area contributed by atoms with E-state index in [0.29, 0.717) is 29.1 Å². The number of aromatic nitrogens is 2. The highest BCUT2D eigenvalue weighted by molar-refractivity contribution is 6.15. The molecule has 9 nitrogen and oxygen atoms in total. The number of aliphatic hydroxyl groups excluding tert-OH is 1. The van der Waals surface area contributed by atoms with Gasteiger partial charge in [-0.1, -0.05) is 19.8 Å². The lowest BCUT2D eigenvalue weighted by Crippen LogP contribution is -2.47. The van der Waals surface area contributed by atoms with Crippen molar-refractivity contribution >= 4 is 34.5 Å². The molecule has 2 unspecified atom stereocenters. The van der Waals surface area contributed by atoms with E-state index in [1.54, 1.807) is 42.7 Å². The van der Waals surface area contributed by atoms with Gasteiger partial charge in [-0.25, -0.2) is 4.98 Å².